The maximum Gasteiger partial charge on any atom is 0.0533 e. The van der Waals surface area contributed by atoms with E-state index in [1.54, 1.807) is 25.1 Å². The van der Waals surface area contributed by atoms with Gasteiger partial charge in [-0.2, -0.15) is 0 Å². The van der Waals surface area contributed by atoms with Gasteiger partial charge in [-0.1, -0.05) is 6.07 Å². The minimum atomic E-state index is 0.796. The Hall–Kier alpha value is -1.26. The summed E-state index contributed by atoms with van der Waals surface area (Å²) in [5.41, 5.74) is 7.01. The first-order valence-corrected chi connectivity index (χ1v) is 6.55. The first-order valence-electron chi connectivity index (χ1n) is 5.57. The molecule has 0 unspecified atom stereocenters. The van der Waals surface area contributed by atoms with Crippen LogP contribution in [0.1, 0.15) is 6.42 Å². The molecule has 0 atom stereocenters. The number of rotatable bonds is 5. The molecule has 17 heavy (non-hydrogen) atoms. The van der Waals surface area contributed by atoms with Gasteiger partial charge in [0.2, 0.25) is 0 Å². The third-order valence-electron chi connectivity index (χ3n) is 2.57. The smallest absolute Gasteiger partial charge is 0.0533 e. The Morgan fingerprint density at radius 3 is 3.06 bits per heavy atom. The number of hydrogen-bond acceptors (Lipinski definition) is 4. The zero-order valence-corrected chi connectivity index (χ0v) is 10.7. The van der Waals surface area contributed by atoms with E-state index in [1.165, 1.54) is 0 Å². The molecule has 0 aliphatic carbocycles. The normalized spacial score (nSPS) is 10.9. The van der Waals surface area contributed by atoms with Crippen LogP contribution in [-0.2, 0) is 4.74 Å². The lowest BCUT2D eigenvalue weighted by molar-refractivity contribution is 0.200. The summed E-state index contributed by atoms with van der Waals surface area (Å²) in [6.07, 6.45) is 4.65. The van der Waals surface area contributed by atoms with Gasteiger partial charge in [-0.3, -0.25) is 4.98 Å². The van der Waals surface area contributed by atoms with Crippen molar-refractivity contribution in [2.24, 2.45) is 0 Å². The zero-order chi connectivity index (χ0) is 12.1. The summed E-state index contributed by atoms with van der Waals surface area (Å²) in [4.78, 5) is 5.23. The van der Waals surface area contributed by atoms with E-state index < -0.39 is 0 Å². The van der Waals surface area contributed by atoms with Crippen molar-refractivity contribution in [2.75, 3.05) is 25.2 Å². The van der Waals surface area contributed by atoms with Crippen LogP contribution in [0.3, 0.4) is 0 Å². The van der Waals surface area contributed by atoms with Crippen LogP contribution >= 0.6 is 11.8 Å². The fraction of sp³-hybridized carbons (Fsp3) is 0.308. The largest absolute Gasteiger partial charge is 0.397 e. The lowest BCUT2D eigenvalue weighted by Crippen LogP contribution is -1.94. The van der Waals surface area contributed by atoms with Crippen LogP contribution in [0.5, 0.6) is 0 Å². The third-order valence-corrected chi connectivity index (χ3v) is 3.73. The van der Waals surface area contributed by atoms with Crippen molar-refractivity contribution in [3.63, 3.8) is 0 Å². The van der Waals surface area contributed by atoms with Crippen molar-refractivity contribution < 1.29 is 4.74 Å². The number of nitrogens with zero attached hydrogens (tertiary/aromatic N) is 1. The molecule has 1 aromatic carbocycles. The van der Waals surface area contributed by atoms with Crippen LogP contribution in [0.4, 0.5) is 5.69 Å². The summed E-state index contributed by atoms with van der Waals surface area (Å²) in [5.74, 6) is 1.02. The van der Waals surface area contributed by atoms with Crippen molar-refractivity contribution in [3.8, 4) is 0 Å². The predicted octanol–water partition coefficient (Wildman–Crippen LogP) is 2.95. The van der Waals surface area contributed by atoms with E-state index in [0.717, 1.165) is 40.1 Å². The van der Waals surface area contributed by atoms with Crippen LogP contribution in [-0.4, -0.2) is 24.5 Å². The summed E-state index contributed by atoms with van der Waals surface area (Å²) in [5, 5.41) is 2.17. The topological polar surface area (TPSA) is 48.1 Å². The van der Waals surface area contributed by atoms with Gasteiger partial charge >= 0.3 is 0 Å². The summed E-state index contributed by atoms with van der Waals surface area (Å²) < 4.78 is 5.03. The number of fused-ring (bicyclic) bond motifs is 1. The average molecular weight is 248 g/mol. The van der Waals surface area contributed by atoms with Crippen LogP contribution in [0.15, 0.2) is 35.5 Å². The van der Waals surface area contributed by atoms with Crippen molar-refractivity contribution in [3.05, 3.63) is 30.6 Å². The summed E-state index contributed by atoms with van der Waals surface area (Å²) >= 11 is 1.78. The van der Waals surface area contributed by atoms with Crippen molar-refractivity contribution in [1.29, 1.82) is 0 Å². The molecule has 2 aromatic rings. The van der Waals surface area contributed by atoms with Crippen molar-refractivity contribution in [1.82, 2.24) is 4.98 Å². The molecule has 0 spiro atoms. The van der Waals surface area contributed by atoms with Gasteiger partial charge < -0.3 is 10.5 Å². The molecule has 0 fully saturated rings. The molecule has 1 aromatic heterocycles. The number of ether oxygens (including phenoxy) is 1. The Bertz CT molecular complexity index is 502. The highest BCUT2D eigenvalue weighted by atomic mass is 32.2. The Morgan fingerprint density at radius 1 is 1.35 bits per heavy atom. The molecule has 0 radical (unpaired) electrons. The number of nitrogen functional groups attached to an aromatic ring is 1. The molecule has 2 N–H and O–H groups in total. The fourth-order valence-electron chi connectivity index (χ4n) is 1.68. The van der Waals surface area contributed by atoms with Gasteiger partial charge in [0.15, 0.2) is 0 Å². The molecular formula is C13H16N2OS. The van der Waals surface area contributed by atoms with Gasteiger partial charge in [0, 0.05) is 47.5 Å². The highest BCUT2D eigenvalue weighted by molar-refractivity contribution is 7.99. The van der Waals surface area contributed by atoms with E-state index in [1.807, 2.05) is 12.3 Å². The van der Waals surface area contributed by atoms with Gasteiger partial charge in [0.25, 0.3) is 0 Å². The van der Waals surface area contributed by atoms with Gasteiger partial charge in [-0.05, 0) is 18.6 Å². The second-order valence-electron chi connectivity index (χ2n) is 3.77. The number of benzene rings is 1. The molecule has 2 rings (SSSR count). The first-order chi connectivity index (χ1) is 8.33. The third kappa shape index (κ3) is 2.90. The van der Waals surface area contributed by atoms with E-state index >= 15 is 0 Å². The molecule has 0 bridgehead atoms. The first kappa shape index (κ1) is 12.2. The van der Waals surface area contributed by atoms with E-state index in [2.05, 4.69) is 17.1 Å². The summed E-state index contributed by atoms with van der Waals surface area (Å²) in [7, 11) is 1.72. The summed E-state index contributed by atoms with van der Waals surface area (Å²) in [6.45, 7) is 0.796. The van der Waals surface area contributed by atoms with E-state index in [9.17, 15) is 0 Å². The number of aromatic nitrogens is 1. The molecule has 1 heterocycles. The lowest BCUT2D eigenvalue weighted by Gasteiger charge is -2.08. The minimum Gasteiger partial charge on any atom is -0.397 e. The molecule has 90 valence electrons. The molecule has 4 heteroatoms. The van der Waals surface area contributed by atoms with Crippen LogP contribution in [0, 0.1) is 0 Å². The van der Waals surface area contributed by atoms with Gasteiger partial charge in [-0.25, -0.2) is 0 Å². The Kier molecular flexibility index (Phi) is 4.23. The van der Waals surface area contributed by atoms with Gasteiger partial charge in [0.1, 0.15) is 0 Å². The number of anilines is 1. The van der Waals surface area contributed by atoms with Crippen LogP contribution in [0.25, 0.3) is 10.8 Å². The fourth-order valence-corrected chi connectivity index (χ4v) is 2.60. The van der Waals surface area contributed by atoms with E-state index in [0.29, 0.717) is 0 Å². The zero-order valence-electron chi connectivity index (χ0n) is 9.85. The number of methoxy groups -OCH3 is 1. The quantitative estimate of drug-likeness (QED) is 0.502. The number of nitrogens with two attached hydrogens (primary N) is 1. The molecule has 0 aliphatic rings. The van der Waals surface area contributed by atoms with Gasteiger partial charge in [0.05, 0.1) is 5.69 Å². The number of pyridine rings is 1. The lowest BCUT2D eigenvalue weighted by atomic mass is 10.1. The maximum atomic E-state index is 6.15. The highest BCUT2D eigenvalue weighted by Crippen LogP contribution is 2.31. The second kappa shape index (κ2) is 5.89. The standard InChI is InChI=1S/C13H16N2OS/c1-16-7-2-8-17-12-4-3-10-9-15-6-5-11(10)13(12)14/h3-6,9H,2,7-8,14H2,1H3. The van der Waals surface area contributed by atoms with E-state index in [-0.39, 0.29) is 0 Å². The Labute approximate surface area is 105 Å². The maximum absolute atomic E-state index is 6.15. The monoisotopic (exact) mass is 248 g/mol. The number of hydrogen-bond donors (Lipinski definition) is 1. The van der Waals surface area contributed by atoms with Gasteiger partial charge in [-0.15, -0.1) is 11.8 Å². The second-order valence-corrected chi connectivity index (χ2v) is 4.91. The molecular weight excluding hydrogens is 232 g/mol. The molecule has 0 aliphatic heterocycles. The van der Waals surface area contributed by atoms with E-state index in [4.69, 9.17) is 10.5 Å². The minimum absolute atomic E-state index is 0.796. The Morgan fingerprint density at radius 2 is 2.24 bits per heavy atom. The summed E-state index contributed by atoms with van der Waals surface area (Å²) in [6, 6.07) is 6.10. The van der Waals surface area contributed by atoms with Crippen LogP contribution < -0.4 is 5.73 Å². The molecule has 0 saturated carbocycles. The van der Waals surface area contributed by atoms with Crippen molar-refractivity contribution >= 4 is 28.2 Å². The average Bonchev–Trinajstić information content (AvgIpc) is 2.37. The van der Waals surface area contributed by atoms with Crippen molar-refractivity contribution in [2.45, 2.75) is 11.3 Å². The molecule has 0 amide bonds. The predicted molar refractivity (Wildman–Crippen MR) is 73.4 cm³/mol. The van der Waals surface area contributed by atoms with Crippen LogP contribution in [0.2, 0.25) is 0 Å². The molecule has 3 nitrogen and oxygen atoms in total. The number of thioether (sulfide) groups is 1. The SMILES string of the molecule is COCCCSc1ccc2cnccc2c1N. The Balaban J connectivity index is 2.15. The highest BCUT2D eigenvalue weighted by Gasteiger charge is 2.04. The molecule has 0 saturated heterocycles.